The number of halogens is 2. The number of carbonyl (C=O) groups excluding carboxylic acids is 1. The summed E-state index contributed by atoms with van der Waals surface area (Å²) in [5.74, 6) is -1.79. The molecular weight excluding hydrogens is 240 g/mol. The zero-order chi connectivity index (χ0) is 13.1. The zero-order valence-corrected chi connectivity index (χ0v) is 9.15. The van der Waals surface area contributed by atoms with E-state index in [0.29, 0.717) is 0 Å². The van der Waals surface area contributed by atoms with Crippen LogP contribution in [0.2, 0.25) is 0 Å². The largest absolute Gasteiger partial charge is 0.399 e. The second kappa shape index (κ2) is 4.79. The molecule has 0 spiro atoms. The highest BCUT2D eigenvalue weighted by Crippen LogP contribution is 2.13. The average Bonchev–Trinajstić information content (AvgIpc) is 2.32. The Morgan fingerprint density at radius 3 is 2.61 bits per heavy atom. The number of amides is 1. The maximum atomic E-state index is 13.4. The minimum absolute atomic E-state index is 0.137. The smallest absolute Gasteiger partial charge is 0.259 e. The van der Waals surface area contributed by atoms with Gasteiger partial charge in [-0.15, -0.1) is 0 Å². The van der Waals surface area contributed by atoms with E-state index in [-0.39, 0.29) is 17.1 Å². The van der Waals surface area contributed by atoms with Gasteiger partial charge in [-0.25, -0.2) is 13.8 Å². The number of hydrogen-bond donors (Lipinski definition) is 2. The quantitative estimate of drug-likeness (QED) is 0.801. The van der Waals surface area contributed by atoms with Crippen molar-refractivity contribution >= 4 is 17.4 Å². The molecule has 0 aliphatic carbocycles. The predicted molar refractivity (Wildman–Crippen MR) is 63.0 cm³/mol. The lowest BCUT2D eigenvalue weighted by molar-refractivity contribution is 0.102. The molecule has 0 saturated heterocycles. The first-order valence-corrected chi connectivity index (χ1v) is 5.04. The maximum absolute atomic E-state index is 13.4. The van der Waals surface area contributed by atoms with E-state index >= 15 is 0 Å². The number of aromatic nitrogens is 1. The van der Waals surface area contributed by atoms with Gasteiger partial charge in [0.1, 0.15) is 17.5 Å². The summed E-state index contributed by atoms with van der Waals surface area (Å²) in [6.07, 6.45) is 0.953. The predicted octanol–water partition coefficient (Wildman–Crippen LogP) is 2.19. The van der Waals surface area contributed by atoms with Gasteiger partial charge in [0.2, 0.25) is 0 Å². The summed E-state index contributed by atoms with van der Waals surface area (Å²) in [7, 11) is 0. The molecule has 1 aromatic carbocycles. The number of rotatable bonds is 2. The first-order chi connectivity index (χ1) is 8.56. The number of nitrogens with one attached hydrogen (secondary N) is 1. The van der Waals surface area contributed by atoms with E-state index in [1.165, 1.54) is 18.2 Å². The molecule has 0 aliphatic rings. The van der Waals surface area contributed by atoms with Crippen LogP contribution in [0, 0.1) is 11.6 Å². The summed E-state index contributed by atoms with van der Waals surface area (Å²) in [4.78, 5) is 15.3. The fraction of sp³-hybridized carbons (Fsp3) is 0. The van der Waals surface area contributed by atoms with Crippen LogP contribution in [0.25, 0.3) is 0 Å². The first-order valence-electron chi connectivity index (χ1n) is 5.04. The number of benzene rings is 1. The SMILES string of the molecule is Nc1ccc(C(=O)Nc2ccc(F)cn2)c(F)c1. The van der Waals surface area contributed by atoms with Gasteiger partial charge in [0, 0.05) is 5.69 Å². The van der Waals surface area contributed by atoms with E-state index in [4.69, 9.17) is 5.73 Å². The van der Waals surface area contributed by atoms with Crippen LogP contribution < -0.4 is 11.1 Å². The highest BCUT2D eigenvalue weighted by Gasteiger charge is 2.12. The van der Waals surface area contributed by atoms with Crippen LogP contribution in [0.1, 0.15) is 10.4 Å². The van der Waals surface area contributed by atoms with Crippen molar-refractivity contribution in [2.24, 2.45) is 0 Å². The summed E-state index contributed by atoms with van der Waals surface area (Å²) < 4.78 is 26.1. The van der Waals surface area contributed by atoms with Gasteiger partial charge < -0.3 is 11.1 Å². The summed E-state index contributed by atoms with van der Waals surface area (Å²) in [6, 6.07) is 6.15. The number of nitrogen functional groups attached to an aromatic ring is 1. The highest BCUT2D eigenvalue weighted by atomic mass is 19.1. The topological polar surface area (TPSA) is 68.0 Å². The van der Waals surface area contributed by atoms with E-state index in [1.54, 1.807) is 0 Å². The Labute approximate surface area is 101 Å². The van der Waals surface area contributed by atoms with Crippen LogP contribution in [-0.4, -0.2) is 10.9 Å². The first kappa shape index (κ1) is 12.0. The molecule has 18 heavy (non-hydrogen) atoms. The summed E-state index contributed by atoms with van der Waals surface area (Å²) in [6.45, 7) is 0. The van der Waals surface area contributed by atoms with Crippen molar-refractivity contribution in [3.8, 4) is 0 Å². The molecule has 0 fully saturated rings. The molecule has 2 aromatic rings. The fourth-order valence-corrected chi connectivity index (χ4v) is 1.35. The molecule has 1 amide bonds. The van der Waals surface area contributed by atoms with Crippen molar-refractivity contribution < 1.29 is 13.6 Å². The van der Waals surface area contributed by atoms with Crippen molar-refractivity contribution in [1.82, 2.24) is 4.98 Å². The molecule has 1 aromatic heterocycles. The van der Waals surface area contributed by atoms with Gasteiger partial charge in [-0.2, -0.15) is 0 Å². The van der Waals surface area contributed by atoms with Crippen LogP contribution in [0.4, 0.5) is 20.3 Å². The second-order valence-corrected chi connectivity index (χ2v) is 3.56. The van der Waals surface area contributed by atoms with Gasteiger partial charge in [0.25, 0.3) is 5.91 Å². The molecule has 1 heterocycles. The van der Waals surface area contributed by atoms with Crippen molar-refractivity contribution in [1.29, 1.82) is 0 Å². The highest BCUT2D eigenvalue weighted by molar-refractivity contribution is 6.04. The Hall–Kier alpha value is -2.50. The normalized spacial score (nSPS) is 10.1. The van der Waals surface area contributed by atoms with Crippen molar-refractivity contribution in [2.45, 2.75) is 0 Å². The third-order valence-corrected chi connectivity index (χ3v) is 2.21. The summed E-state index contributed by atoms with van der Waals surface area (Å²) in [5, 5.41) is 2.35. The Kier molecular flexibility index (Phi) is 3.18. The van der Waals surface area contributed by atoms with Crippen molar-refractivity contribution in [3.63, 3.8) is 0 Å². The lowest BCUT2D eigenvalue weighted by Crippen LogP contribution is -2.14. The second-order valence-electron chi connectivity index (χ2n) is 3.56. The standard InChI is InChI=1S/C12H9F2N3O/c13-7-1-4-11(16-6-7)17-12(18)9-3-2-8(15)5-10(9)14/h1-6H,15H2,(H,16,17,18). The molecule has 4 nitrogen and oxygen atoms in total. The van der Waals surface area contributed by atoms with E-state index in [1.807, 2.05) is 0 Å². The Morgan fingerprint density at radius 2 is 2.00 bits per heavy atom. The number of hydrogen-bond acceptors (Lipinski definition) is 3. The van der Waals surface area contributed by atoms with Gasteiger partial charge in [-0.1, -0.05) is 0 Å². The molecule has 0 saturated carbocycles. The Morgan fingerprint density at radius 1 is 1.22 bits per heavy atom. The summed E-state index contributed by atoms with van der Waals surface area (Å²) in [5.41, 5.74) is 5.44. The molecule has 2 rings (SSSR count). The Bertz CT molecular complexity index is 584. The molecule has 0 atom stereocenters. The summed E-state index contributed by atoms with van der Waals surface area (Å²) >= 11 is 0. The molecule has 0 aliphatic heterocycles. The van der Waals surface area contributed by atoms with E-state index < -0.39 is 17.5 Å². The molecule has 0 radical (unpaired) electrons. The third kappa shape index (κ3) is 2.60. The average molecular weight is 249 g/mol. The number of nitrogens with zero attached hydrogens (tertiary/aromatic N) is 1. The van der Waals surface area contributed by atoms with Crippen LogP contribution in [0.15, 0.2) is 36.5 Å². The number of nitrogens with two attached hydrogens (primary N) is 1. The molecule has 6 heteroatoms. The van der Waals surface area contributed by atoms with Gasteiger partial charge >= 0.3 is 0 Å². The zero-order valence-electron chi connectivity index (χ0n) is 9.15. The molecule has 92 valence electrons. The van der Waals surface area contributed by atoms with Gasteiger partial charge in [-0.3, -0.25) is 4.79 Å². The number of anilines is 2. The van der Waals surface area contributed by atoms with Crippen LogP contribution >= 0.6 is 0 Å². The van der Waals surface area contributed by atoms with Crippen molar-refractivity contribution in [2.75, 3.05) is 11.1 Å². The minimum Gasteiger partial charge on any atom is -0.399 e. The fourth-order valence-electron chi connectivity index (χ4n) is 1.35. The Balaban J connectivity index is 2.19. The molecule has 0 bridgehead atoms. The minimum atomic E-state index is -0.727. The van der Waals surface area contributed by atoms with Crippen LogP contribution in [0.5, 0.6) is 0 Å². The van der Waals surface area contributed by atoms with E-state index in [2.05, 4.69) is 10.3 Å². The third-order valence-electron chi connectivity index (χ3n) is 2.21. The van der Waals surface area contributed by atoms with Crippen molar-refractivity contribution in [3.05, 3.63) is 53.7 Å². The van der Waals surface area contributed by atoms with Gasteiger partial charge in [0.05, 0.1) is 11.8 Å². The molecular formula is C12H9F2N3O. The van der Waals surface area contributed by atoms with Crippen LogP contribution in [0.3, 0.4) is 0 Å². The lowest BCUT2D eigenvalue weighted by atomic mass is 10.2. The number of pyridine rings is 1. The number of carbonyl (C=O) groups is 1. The monoisotopic (exact) mass is 249 g/mol. The van der Waals surface area contributed by atoms with Crippen LogP contribution in [-0.2, 0) is 0 Å². The molecule has 3 N–H and O–H groups in total. The van der Waals surface area contributed by atoms with Gasteiger partial charge in [0.15, 0.2) is 0 Å². The van der Waals surface area contributed by atoms with E-state index in [0.717, 1.165) is 18.3 Å². The van der Waals surface area contributed by atoms with E-state index in [9.17, 15) is 13.6 Å². The molecule has 0 unspecified atom stereocenters. The maximum Gasteiger partial charge on any atom is 0.259 e. The lowest BCUT2D eigenvalue weighted by Gasteiger charge is -2.05. The van der Waals surface area contributed by atoms with Gasteiger partial charge in [-0.05, 0) is 30.3 Å².